The van der Waals surface area contributed by atoms with E-state index in [2.05, 4.69) is 10.1 Å². The molecule has 4 N–H and O–H groups in total. The number of hydrogen-bond donors (Lipinski definition) is 3. The minimum atomic E-state index is -1.17. The molecule has 1 saturated heterocycles. The molecule has 2 unspecified atom stereocenters. The first-order valence-electron chi connectivity index (χ1n) is 10.3. The number of ether oxygens (including phenoxy) is 2. The zero-order valence-electron chi connectivity index (χ0n) is 16.3. The molecule has 2 aromatic rings. The van der Waals surface area contributed by atoms with Crippen molar-refractivity contribution < 1.29 is 24.5 Å². The van der Waals surface area contributed by atoms with Crippen LogP contribution in [0.5, 0.6) is 0 Å². The molecule has 1 aliphatic carbocycles. The van der Waals surface area contributed by atoms with Crippen LogP contribution in [0.1, 0.15) is 56.7 Å². The molecule has 0 amide bonds. The summed E-state index contributed by atoms with van der Waals surface area (Å²) in [7, 11) is 0. The average molecular weight is 404 g/mol. The highest BCUT2D eigenvalue weighted by Crippen LogP contribution is 2.35. The molecule has 0 radical (unpaired) electrons. The van der Waals surface area contributed by atoms with E-state index in [0.717, 1.165) is 25.7 Å². The SMILES string of the molecule is Nc1ncnn2c(C3OC(COC(=O)CC4CCCCCC4)[C@@H](O)[C@H]3O)ccc12. The van der Waals surface area contributed by atoms with Crippen LogP contribution in [0.2, 0.25) is 0 Å². The van der Waals surface area contributed by atoms with Crippen molar-refractivity contribution in [1.82, 2.24) is 14.6 Å². The Balaban J connectivity index is 1.37. The maximum Gasteiger partial charge on any atom is 0.306 e. The minimum Gasteiger partial charge on any atom is -0.463 e. The predicted molar refractivity (Wildman–Crippen MR) is 104 cm³/mol. The van der Waals surface area contributed by atoms with Crippen LogP contribution < -0.4 is 5.73 Å². The standard InChI is InChI=1S/C20H28N4O5/c21-20-14-8-7-13(24(14)23-11-22-20)19-18(27)17(26)15(29-19)10-28-16(25)9-12-5-3-1-2-4-6-12/h7-8,11-12,15,17-19,26-27H,1-6,9-10H2,(H2,21,22,23)/t15?,17-,18-,19?/m1/s1. The highest BCUT2D eigenvalue weighted by molar-refractivity contribution is 5.69. The molecule has 9 nitrogen and oxygen atoms in total. The summed E-state index contributed by atoms with van der Waals surface area (Å²) in [6.45, 7) is -0.0965. The lowest BCUT2D eigenvalue weighted by Crippen LogP contribution is -2.34. The van der Waals surface area contributed by atoms with Crippen molar-refractivity contribution in [3.8, 4) is 0 Å². The molecule has 2 aromatic heterocycles. The van der Waals surface area contributed by atoms with Crippen LogP contribution in [0.25, 0.3) is 5.52 Å². The number of aromatic nitrogens is 3. The van der Waals surface area contributed by atoms with Gasteiger partial charge in [-0.25, -0.2) is 9.50 Å². The number of esters is 1. The molecule has 3 heterocycles. The number of carbonyl (C=O) groups excluding carboxylic acids is 1. The Bertz CT molecular complexity index is 849. The van der Waals surface area contributed by atoms with E-state index in [1.165, 1.54) is 23.7 Å². The number of nitrogens with zero attached hydrogens (tertiary/aromatic N) is 3. The van der Waals surface area contributed by atoms with Crippen molar-refractivity contribution in [3.05, 3.63) is 24.2 Å². The van der Waals surface area contributed by atoms with E-state index < -0.39 is 24.4 Å². The monoisotopic (exact) mass is 404 g/mol. The van der Waals surface area contributed by atoms with E-state index in [-0.39, 0.29) is 12.6 Å². The van der Waals surface area contributed by atoms with Crippen LogP contribution in [0.4, 0.5) is 5.82 Å². The van der Waals surface area contributed by atoms with Gasteiger partial charge >= 0.3 is 5.97 Å². The first-order valence-corrected chi connectivity index (χ1v) is 10.3. The Morgan fingerprint density at radius 2 is 1.97 bits per heavy atom. The molecule has 29 heavy (non-hydrogen) atoms. The maximum atomic E-state index is 12.2. The lowest BCUT2D eigenvalue weighted by molar-refractivity contribution is -0.150. The Hall–Kier alpha value is -2.23. The largest absolute Gasteiger partial charge is 0.463 e. The van der Waals surface area contributed by atoms with Crippen molar-refractivity contribution >= 4 is 17.3 Å². The fourth-order valence-electron chi connectivity index (χ4n) is 4.36. The fraction of sp³-hybridized carbons (Fsp3) is 0.650. The van der Waals surface area contributed by atoms with Gasteiger partial charge in [-0.05, 0) is 30.9 Å². The first kappa shape index (κ1) is 20.1. The fourth-order valence-corrected chi connectivity index (χ4v) is 4.36. The van der Waals surface area contributed by atoms with Crippen LogP contribution >= 0.6 is 0 Å². The molecule has 0 spiro atoms. The van der Waals surface area contributed by atoms with E-state index in [1.54, 1.807) is 12.1 Å². The molecule has 2 fully saturated rings. The number of carbonyl (C=O) groups is 1. The van der Waals surface area contributed by atoms with Gasteiger partial charge in [0.1, 0.15) is 42.9 Å². The van der Waals surface area contributed by atoms with Crippen LogP contribution in [0, 0.1) is 5.92 Å². The topological polar surface area (TPSA) is 132 Å². The number of anilines is 1. The van der Waals surface area contributed by atoms with Crippen LogP contribution in [-0.2, 0) is 14.3 Å². The quantitative estimate of drug-likeness (QED) is 0.503. The zero-order valence-corrected chi connectivity index (χ0v) is 16.3. The molecule has 158 valence electrons. The Labute approximate surface area is 168 Å². The first-order chi connectivity index (χ1) is 14.0. The normalized spacial score (nSPS) is 28.5. The Kier molecular flexibility index (Phi) is 5.98. The molecular formula is C20H28N4O5. The summed E-state index contributed by atoms with van der Waals surface area (Å²) in [6, 6.07) is 3.45. The lowest BCUT2D eigenvalue weighted by atomic mass is 9.97. The molecule has 1 saturated carbocycles. The number of nitrogen functional groups attached to an aromatic ring is 1. The summed E-state index contributed by atoms with van der Waals surface area (Å²) in [5, 5.41) is 25.0. The van der Waals surface area contributed by atoms with E-state index in [9.17, 15) is 15.0 Å². The van der Waals surface area contributed by atoms with E-state index in [1.807, 2.05) is 0 Å². The van der Waals surface area contributed by atoms with Gasteiger partial charge < -0.3 is 25.4 Å². The van der Waals surface area contributed by atoms with Crippen molar-refractivity contribution in [1.29, 1.82) is 0 Å². The Morgan fingerprint density at radius 1 is 1.21 bits per heavy atom. The summed E-state index contributed by atoms with van der Waals surface area (Å²) in [5.41, 5.74) is 6.98. The summed E-state index contributed by atoms with van der Waals surface area (Å²) in [5.74, 6) is 0.401. The molecule has 9 heteroatoms. The summed E-state index contributed by atoms with van der Waals surface area (Å²) in [6.07, 6.45) is 4.66. The van der Waals surface area contributed by atoms with Crippen LogP contribution in [0.3, 0.4) is 0 Å². The van der Waals surface area contributed by atoms with Crippen LogP contribution in [0.15, 0.2) is 18.5 Å². The highest BCUT2D eigenvalue weighted by atomic mass is 16.6. The number of hydrogen-bond acceptors (Lipinski definition) is 8. The van der Waals surface area contributed by atoms with Gasteiger partial charge in [-0.2, -0.15) is 5.10 Å². The number of fused-ring (bicyclic) bond motifs is 1. The number of nitrogens with two attached hydrogens (primary N) is 1. The minimum absolute atomic E-state index is 0.0965. The molecule has 0 bridgehead atoms. The van der Waals surface area contributed by atoms with Crippen molar-refractivity contribution in [2.24, 2.45) is 5.92 Å². The van der Waals surface area contributed by atoms with Gasteiger partial charge in [0.25, 0.3) is 0 Å². The second-order valence-corrected chi connectivity index (χ2v) is 8.02. The van der Waals surface area contributed by atoms with Crippen LogP contribution in [-0.4, -0.2) is 55.7 Å². The number of rotatable bonds is 5. The number of aliphatic hydroxyl groups excluding tert-OH is 2. The summed E-state index contributed by atoms with van der Waals surface area (Å²) < 4.78 is 12.7. The van der Waals surface area contributed by atoms with Gasteiger partial charge in [-0.3, -0.25) is 4.79 Å². The molecule has 4 atom stereocenters. The third-order valence-electron chi connectivity index (χ3n) is 6.00. The molecular weight excluding hydrogens is 376 g/mol. The molecule has 1 aliphatic heterocycles. The van der Waals surface area contributed by atoms with Gasteiger partial charge in [0.05, 0.1) is 5.69 Å². The van der Waals surface area contributed by atoms with Crippen molar-refractivity contribution in [3.63, 3.8) is 0 Å². The summed E-state index contributed by atoms with van der Waals surface area (Å²) >= 11 is 0. The second-order valence-electron chi connectivity index (χ2n) is 8.02. The Morgan fingerprint density at radius 3 is 2.72 bits per heavy atom. The molecule has 4 rings (SSSR count). The van der Waals surface area contributed by atoms with Gasteiger partial charge in [0.2, 0.25) is 0 Å². The average Bonchev–Trinajstić information content (AvgIpc) is 3.13. The van der Waals surface area contributed by atoms with E-state index in [4.69, 9.17) is 15.2 Å². The summed E-state index contributed by atoms with van der Waals surface area (Å²) in [4.78, 5) is 16.2. The molecule has 2 aliphatic rings. The smallest absolute Gasteiger partial charge is 0.306 e. The number of aliphatic hydroxyl groups is 2. The van der Waals surface area contributed by atoms with Gasteiger partial charge in [-0.1, -0.05) is 25.7 Å². The zero-order chi connectivity index (χ0) is 20.4. The van der Waals surface area contributed by atoms with Gasteiger partial charge in [-0.15, -0.1) is 0 Å². The predicted octanol–water partition coefficient (Wildman–Crippen LogP) is 1.38. The van der Waals surface area contributed by atoms with E-state index in [0.29, 0.717) is 29.4 Å². The lowest BCUT2D eigenvalue weighted by Gasteiger charge is -2.17. The third-order valence-corrected chi connectivity index (χ3v) is 6.00. The van der Waals surface area contributed by atoms with Gasteiger partial charge in [0, 0.05) is 6.42 Å². The highest BCUT2D eigenvalue weighted by Gasteiger charge is 2.45. The van der Waals surface area contributed by atoms with E-state index >= 15 is 0 Å². The third kappa shape index (κ3) is 4.22. The second kappa shape index (κ2) is 8.64. The maximum absolute atomic E-state index is 12.2. The van der Waals surface area contributed by atoms with Gasteiger partial charge in [0.15, 0.2) is 5.82 Å². The van der Waals surface area contributed by atoms with Crippen molar-refractivity contribution in [2.75, 3.05) is 12.3 Å². The van der Waals surface area contributed by atoms with Crippen molar-refractivity contribution in [2.45, 2.75) is 69.4 Å². The molecule has 0 aromatic carbocycles.